The highest BCUT2D eigenvalue weighted by Gasteiger charge is 2.00. The Balaban J connectivity index is 1.86. The van der Waals surface area contributed by atoms with Crippen molar-refractivity contribution in [2.75, 3.05) is 26.8 Å². The van der Waals surface area contributed by atoms with Crippen molar-refractivity contribution >= 4 is 10.9 Å². The van der Waals surface area contributed by atoms with Gasteiger partial charge >= 0.3 is 0 Å². The molecule has 0 aliphatic carbocycles. The summed E-state index contributed by atoms with van der Waals surface area (Å²) in [6, 6.07) is 8.80. The van der Waals surface area contributed by atoms with Crippen molar-refractivity contribution in [1.82, 2.24) is 9.88 Å². The molecule has 3 heteroatoms. The maximum absolute atomic E-state index is 5.00. The number of aromatic nitrogens is 1. The molecule has 0 radical (unpaired) electrons. The average molecular weight is 246 g/mol. The summed E-state index contributed by atoms with van der Waals surface area (Å²) in [5.41, 5.74) is 2.66. The molecule has 1 N–H and O–H groups in total. The van der Waals surface area contributed by atoms with Gasteiger partial charge in [0.2, 0.25) is 0 Å². The first-order chi connectivity index (χ1) is 8.81. The molecule has 0 unspecified atom stereocenters. The minimum atomic E-state index is 0.783. The van der Waals surface area contributed by atoms with Crippen molar-refractivity contribution in [3.63, 3.8) is 0 Å². The van der Waals surface area contributed by atoms with Gasteiger partial charge in [-0.15, -0.1) is 0 Å². The zero-order chi connectivity index (χ0) is 12.8. The van der Waals surface area contributed by atoms with Crippen LogP contribution in [0.3, 0.4) is 0 Å². The Morgan fingerprint density at radius 3 is 2.94 bits per heavy atom. The number of ether oxygens (including phenoxy) is 1. The molecule has 0 amide bonds. The van der Waals surface area contributed by atoms with Crippen molar-refractivity contribution in [2.45, 2.75) is 19.9 Å². The van der Waals surface area contributed by atoms with Gasteiger partial charge in [0.05, 0.1) is 6.61 Å². The lowest BCUT2D eigenvalue weighted by atomic mass is 10.2. The highest BCUT2D eigenvalue weighted by molar-refractivity contribution is 5.80. The fourth-order valence-corrected chi connectivity index (χ4v) is 2.16. The van der Waals surface area contributed by atoms with Gasteiger partial charge in [-0.3, -0.25) is 0 Å². The molecule has 0 aliphatic heterocycles. The Labute approximate surface area is 109 Å². The lowest BCUT2D eigenvalue weighted by molar-refractivity contribution is 0.199. The predicted octanol–water partition coefficient (Wildman–Crippen LogP) is 2.58. The molecule has 0 atom stereocenters. The van der Waals surface area contributed by atoms with Gasteiger partial charge in [0.25, 0.3) is 0 Å². The first kappa shape index (κ1) is 13.1. The molecule has 0 aliphatic rings. The molecule has 0 saturated carbocycles. The van der Waals surface area contributed by atoms with Crippen LogP contribution in [0.2, 0.25) is 0 Å². The standard InChI is InChI=1S/C15H22N2O/c1-13-4-5-14-6-10-17(15(14)12-13)9-3-7-16-8-11-18-2/h4-6,10,12,16H,3,7-9,11H2,1-2H3. The maximum Gasteiger partial charge on any atom is 0.0587 e. The fraction of sp³-hybridized carbons (Fsp3) is 0.467. The number of hydrogen-bond acceptors (Lipinski definition) is 2. The Morgan fingerprint density at radius 1 is 1.22 bits per heavy atom. The first-order valence-corrected chi connectivity index (χ1v) is 6.56. The first-order valence-electron chi connectivity index (χ1n) is 6.56. The van der Waals surface area contributed by atoms with Gasteiger partial charge in [-0.1, -0.05) is 12.1 Å². The van der Waals surface area contributed by atoms with Crippen LogP contribution in [0.4, 0.5) is 0 Å². The number of hydrogen-bond donors (Lipinski definition) is 1. The monoisotopic (exact) mass is 246 g/mol. The van der Waals surface area contributed by atoms with Crippen LogP contribution in [0.15, 0.2) is 30.5 Å². The third-order valence-corrected chi connectivity index (χ3v) is 3.16. The van der Waals surface area contributed by atoms with Crippen LogP contribution in [-0.4, -0.2) is 31.4 Å². The van der Waals surface area contributed by atoms with Crippen molar-refractivity contribution in [1.29, 1.82) is 0 Å². The minimum Gasteiger partial charge on any atom is -0.383 e. The summed E-state index contributed by atoms with van der Waals surface area (Å²) in [4.78, 5) is 0. The molecule has 2 rings (SSSR count). The van der Waals surface area contributed by atoms with Crippen molar-refractivity contribution in [3.8, 4) is 0 Å². The van der Waals surface area contributed by atoms with E-state index in [-0.39, 0.29) is 0 Å². The smallest absolute Gasteiger partial charge is 0.0587 e. The SMILES string of the molecule is COCCNCCCn1ccc2ccc(C)cc21. The van der Waals surface area contributed by atoms with Crippen molar-refractivity contribution < 1.29 is 4.74 Å². The molecule has 1 heterocycles. The van der Waals surface area contributed by atoms with Crippen LogP contribution in [0, 0.1) is 6.92 Å². The summed E-state index contributed by atoms with van der Waals surface area (Å²) in [5, 5.41) is 4.70. The van der Waals surface area contributed by atoms with E-state index in [0.717, 1.165) is 32.7 Å². The van der Waals surface area contributed by atoms with Gasteiger partial charge in [0, 0.05) is 31.9 Å². The van der Waals surface area contributed by atoms with Crippen LogP contribution >= 0.6 is 0 Å². The summed E-state index contributed by atoms with van der Waals surface area (Å²) < 4.78 is 7.33. The van der Waals surface area contributed by atoms with E-state index in [1.807, 2.05) is 0 Å². The minimum absolute atomic E-state index is 0.783. The largest absolute Gasteiger partial charge is 0.383 e. The van der Waals surface area contributed by atoms with E-state index >= 15 is 0 Å². The Morgan fingerprint density at radius 2 is 2.11 bits per heavy atom. The van der Waals surface area contributed by atoms with Crippen LogP contribution in [0.1, 0.15) is 12.0 Å². The normalized spacial score (nSPS) is 11.2. The van der Waals surface area contributed by atoms with Gasteiger partial charge in [-0.2, -0.15) is 0 Å². The lowest BCUT2D eigenvalue weighted by Gasteiger charge is -2.07. The van der Waals surface area contributed by atoms with E-state index < -0.39 is 0 Å². The Bertz CT molecular complexity index is 490. The number of rotatable bonds is 7. The van der Waals surface area contributed by atoms with Gasteiger partial charge in [0.15, 0.2) is 0 Å². The molecule has 0 spiro atoms. The third kappa shape index (κ3) is 3.34. The quantitative estimate of drug-likeness (QED) is 0.760. The van der Waals surface area contributed by atoms with E-state index in [1.165, 1.54) is 16.5 Å². The molecular weight excluding hydrogens is 224 g/mol. The number of fused-ring (bicyclic) bond motifs is 1. The second-order valence-corrected chi connectivity index (χ2v) is 4.67. The van der Waals surface area contributed by atoms with Crippen molar-refractivity contribution in [2.24, 2.45) is 0 Å². The molecule has 3 nitrogen and oxygen atoms in total. The number of nitrogens with zero attached hydrogens (tertiary/aromatic N) is 1. The number of methoxy groups -OCH3 is 1. The summed E-state index contributed by atoms with van der Waals surface area (Å²) in [5.74, 6) is 0. The van der Waals surface area contributed by atoms with Gasteiger partial charge in [-0.05, 0) is 43.0 Å². The van der Waals surface area contributed by atoms with E-state index in [1.54, 1.807) is 7.11 Å². The average Bonchev–Trinajstić information content (AvgIpc) is 2.76. The van der Waals surface area contributed by atoms with Crippen LogP contribution in [0.5, 0.6) is 0 Å². The predicted molar refractivity (Wildman–Crippen MR) is 76.0 cm³/mol. The maximum atomic E-state index is 5.00. The summed E-state index contributed by atoms with van der Waals surface area (Å²) >= 11 is 0. The van der Waals surface area contributed by atoms with E-state index in [9.17, 15) is 0 Å². The molecule has 98 valence electrons. The highest BCUT2D eigenvalue weighted by Crippen LogP contribution is 2.17. The van der Waals surface area contributed by atoms with Crippen molar-refractivity contribution in [3.05, 3.63) is 36.0 Å². The molecule has 18 heavy (non-hydrogen) atoms. The second-order valence-electron chi connectivity index (χ2n) is 4.67. The summed E-state index contributed by atoms with van der Waals surface area (Å²) in [6.07, 6.45) is 3.32. The van der Waals surface area contributed by atoms with E-state index in [4.69, 9.17) is 4.74 Å². The molecule has 0 bridgehead atoms. The molecular formula is C15H22N2O. The van der Waals surface area contributed by atoms with Gasteiger partial charge in [0.1, 0.15) is 0 Å². The summed E-state index contributed by atoms with van der Waals surface area (Å²) in [7, 11) is 1.73. The zero-order valence-electron chi connectivity index (χ0n) is 11.3. The van der Waals surface area contributed by atoms with Gasteiger partial charge < -0.3 is 14.6 Å². The van der Waals surface area contributed by atoms with Crippen LogP contribution < -0.4 is 5.32 Å². The van der Waals surface area contributed by atoms with E-state index in [2.05, 4.69) is 47.3 Å². The Kier molecular flexibility index (Phi) is 4.79. The van der Waals surface area contributed by atoms with Crippen LogP contribution in [0.25, 0.3) is 10.9 Å². The zero-order valence-corrected chi connectivity index (χ0v) is 11.3. The third-order valence-electron chi connectivity index (χ3n) is 3.16. The Hall–Kier alpha value is -1.32. The molecule has 1 aromatic carbocycles. The number of nitrogens with one attached hydrogen (secondary N) is 1. The van der Waals surface area contributed by atoms with Gasteiger partial charge in [-0.25, -0.2) is 0 Å². The second kappa shape index (κ2) is 6.57. The number of aryl methyl sites for hydroxylation is 2. The molecule has 0 fully saturated rings. The molecule has 2 aromatic rings. The lowest BCUT2D eigenvalue weighted by Crippen LogP contribution is -2.21. The number of benzene rings is 1. The topological polar surface area (TPSA) is 26.2 Å². The fourth-order valence-electron chi connectivity index (χ4n) is 2.16. The van der Waals surface area contributed by atoms with E-state index in [0.29, 0.717) is 0 Å². The van der Waals surface area contributed by atoms with Crippen LogP contribution in [-0.2, 0) is 11.3 Å². The molecule has 1 aromatic heterocycles. The molecule has 0 saturated heterocycles. The highest BCUT2D eigenvalue weighted by atomic mass is 16.5. The summed E-state index contributed by atoms with van der Waals surface area (Å²) in [6.45, 7) is 5.96.